The molecule has 0 atom stereocenters. The van der Waals surface area contributed by atoms with Gasteiger partial charge < -0.3 is 4.98 Å². The lowest BCUT2D eigenvalue weighted by Gasteiger charge is -2.06. The fourth-order valence-corrected chi connectivity index (χ4v) is 6.24. The summed E-state index contributed by atoms with van der Waals surface area (Å²) < 4.78 is 27.9. The molecule has 4 rings (SSSR count). The maximum atomic E-state index is 12.7. The van der Waals surface area contributed by atoms with Crippen molar-refractivity contribution in [2.45, 2.75) is 17.1 Å². The Morgan fingerprint density at radius 1 is 1.35 bits per heavy atom. The van der Waals surface area contributed by atoms with E-state index in [0.717, 1.165) is 28.5 Å². The number of nitrogens with one attached hydrogen (secondary N) is 2. The normalized spacial score (nSPS) is 14.8. The maximum Gasteiger partial charge on any atom is 0.265 e. The minimum atomic E-state index is -3.69. The molecule has 1 aromatic carbocycles. The summed E-state index contributed by atoms with van der Waals surface area (Å²) in [6, 6.07) is 5.08. The van der Waals surface area contributed by atoms with Gasteiger partial charge in [-0.2, -0.15) is 11.8 Å². The Balaban J connectivity index is 1.70. The van der Waals surface area contributed by atoms with Crippen molar-refractivity contribution < 1.29 is 8.42 Å². The highest BCUT2D eigenvalue weighted by atomic mass is 35.5. The van der Waals surface area contributed by atoms with Crippen LogP contribution in [0.25, 0.3) is 10.9 Å². The highest BCUT2D eigenvalue weighted by molar-refractivity contribution is 7.98. The number of aromatic nitrogens is 2. The molecule has 3 heterocycles. The molecule has 1 aliphatic heterocycles. The first kappa shape index (κ1) is 15.3. The molecule has 9 heteroatoms. The molecule has 5 nitrogen and oxygen atoms in total. The molecule has 3 aromatic rings. The molecule has 0 saturated heterocycles. The Kier molecular flexibility index (Phi) is 3.79. The van der Waals surface area contributed by atoms with Gasteiger partial charge in [-0.3, -0.25) is 4.72 Å². The zero-order chi connectivity index (χ0) is 16.0. The lowest BCUT2D eigenvalue weighted by atomic mass is 10.2. The predicted molar refractivity (Wildman–Crippen MR) is 96.1 cm³/mol. The van der Waals surface area contributed by atoms with Gasteiger partial charge in [0.15, 0.2) is 5.13 Å². The summed E-state index contributed by atoms with van der Waals surface area (Å²) in [6.07, 6.45) is 2.37. The van der Waals surface area contributed by atoms with Crippen molar-refractivity contribution in [1.29, 1.82) is 0 Å². The molecular weight excluding hydrogens is 374 g/mol. The second-order valence-electron chi connectivity index (χ2n) is 5.14. The van der Waals surface area contributed by atoms with Crippen LogP contribution in [0.4, 0.5) is 5.13 Å². The number of rotatable bonds is 3. The Labute approximate surface area is 146 Å². The first-order chi connectivity index (χ1) is 11.0. The first-order valence-corrected chi connectivity index (χ1v) is 10.7. The Hall–Kier alpha value is -1.22. The highest BCUT2D eigenvalue weighted by Gasteiger charge is 2.23. The molecule has 0 unspecified atom stereocenters. The monoisotopic (exact) mass is 385 g/mol. The topological polar surface area (TPSA) is 74.8 Å². The number of sulfonamides is 1. The second-order valence-corrected chi connectivity index (χ2v) is 9.42. The van der Waals surface area contributed by atoms with E-state index in [2.05, 4.69) is 14.7 Å². The van der Waals surface area contributed by atoms with Gasteiger partial charge in [0.1, 0.15) is 4.90 Å². The van der Waals surface area contributed by atoms with Crippen molar-refractivity contribution in [3.05, 3.63) is 40.0 Å². The molecule has 2 aromatic heterocycles. The maximum absolute atomic E-state index is 12.7. The van der Waals surface area contributed by atoms with Crippen LogP contribution in [0.2, 0.25) is 5.02 Å². The number of fused-ring (bicyclic) bond motifs is 2. The standard InChI is InChI=1S/C14H12ClN3O2S3/c15-8-1-2-9-11(5-8)16-6-13(9)23(19,20)18-14-17-10-3-4-21-7-12(10)22-14/h1-2,5-6,16H,3-4,7H2,(H,17,18). The first-order valence-electron chi connectivity index (χ1n) is 6.89. The SMILES string of the molecule is O=S(=O)(Nc1nc2c(s1)CSCC2)c1c[nH]c2cc(Cl)ccc12. The van der Waals surface area contributed by atoms with Gasteiger partial charge in [0.25, 0.3) is 10.0 Å². The Bertz CT molecular complexity index is 971. The van der Waals surface area contributed by atoms with Gasteiger partial charge >= 0.3 is 0 Å². The van der Waals surface area contributed by atoms with E-state index in [1.165, 1.54) is 17.5 Å². The lowest BCUT2D eigenvalue weighted by Crippen LogP contribution is -2.12. The van der Waals surface area contributed by atoms with E-state index in [1.54, 1.807) is 18.2 Å². The number of anilines is 1. The molecule has 0 radical (unpaired) electrons. The van der Waals surface area contributed by atoms with Crippen LogP contribution in [-0.4, -0.2) is 24.1 Å². The van der Waals surface area contributed by atoms with E-state index in [4.69, 9.17) is 11.6 Å². The van der Waals surface area contributed by atoms with Gasteiger partial charge in [-0.25, -0.2) is 13.4 Å². The van der Waals surface area contributed by atoms with Crippen LogP contribution in [-0.2, 0) is 22.2 Å². The van der Waals surface area contributed by atoms with E-state index < -0.39 is 10.0 Å². The predicted octanol–water partition coefficient (Wildman–Crippen LogP) is 3.87. The van der Waals surface area contributed by atoms with Crippen molar-refractivity contribution in [3.8, 4) is 0 Å². The van der Waals surface area contributed by atoms with Gasteiger partial charge in [0.2, 0.25) is 0 Å². The summed E-state index contributed by atoms with van der Waals surface area (Å²) in [6.45, 7) is 0. The molecule has 0 amide bonds. The fourth-order valence-electron chi connectivity index (χ4n) is 2.53. The molecule has 120 valence electrons. The van der Waals surface area contributed by atoms with Crippen LogP contribution in [0.15, 0.2) is 29.3 Å². The van der Waals surface area contributed by atoms with Crippen molar-refractivity contribution in [2.75, 3.05) is 10.5 Å². The van der Waals surface area contributed by atoms with Crippen molar-refractivity contribution in [2.24, 2.45) is 0 Å². The van der Waals surface area contributed by atoms with E-state index in [1.807, 2.05) is 11.8 Å². The van der Waals surface area contributed by atoms with Crippen molar-refractivity contribution >= 4 is 60.8 Å². The van der Waals surface area contributed by atoms with Crippen molar-refractivity contribution in [1.82, 2.24) is 9.97 Å². The smallest absolute Gasteiger partial charge is 0.265 e. The summed E-state index contributed by atoms with van der Waals surface area (Å²) in [5.41, 5.74) is 1.70. The fraction of sp³-hybridized carbons (Fsp3) is 0.214. The van der Waals surface area contributed by atoms with E-state index >= 15 is 0 Å². The third-order valence-corrected chi connectivity index (χ3v) is 7.54. The Morgan fingerprint density at radius 2 is 2.22 bits per heavy atom. The van der Waals surface area contributed by atoms with E-state index in [-0.39, 0.29) is 4.90 Å². The van der Waals surface area contributed by atoms with E-state index in [9.17, 15) is 8.42 Å². The quantitative estimate of drug-likeness (QED) is 0.717. The number of hydrogen-bond donors (Lipinski definition) is 2. The number of hydrogen-bond acceptors (Lipinski definition) is 5. The van der Waals surface area contributed by atoms with Crippen LogP contribution in [0, 0.1) is 0 Å². The van der Waals surface area contributed by atoms with Crippen LogP contribution in [0.1, 0.15) is 10.6 Å². The minimum absolute atomic E-state index is 0.201. The summed E-state index contributed by atoms with van der Waals surface area (Å²) in [4.78, 5) is 8.73. The number of aryl methyl sites for hydroxylation is 1. The van der Waals surface area contributed by atoms with Gasteiger partial charge in [0.05, 0.1) is 5.69 Å². The lowest BCUT2D eigenvalue weighted by molar-refractivity contribution is 0.602. The average Bonchev–Trinajstić information content (AvgIpc) is 3.09. The number of benzene rings is 1. The molecule has 0 saturated carbocycles. The number of thiazole rings is 1. The van der Waals surface area contributed by atoms with Gasteiger partial charge in [0, 0.05) is 32.8 Å². The number of H-pyrrole nitrogens is 1. The molecular formula is C14H12ClN3O2S3. The van der Waals surface area contributed by atoms with Crippen LogP contribution < -0.4 is 4.72 Å². The molecule has 0 aliphatic carbocycles. The third-order valence-electron chi connectivity index (χ3n) is 3.61. The molecule has 0 spiro atoms. The largest absolute Gasteiger partial charge is 0.360 e. The summed E-state index contributed by atoms with van der Waals surface area (Å²) in [5.74, 6) is 1.94. The van der Waals surface area contributed by atoms with Crippen LogP contribution in [0.3, 0.4) is 0 Å². The average molecular weight is 386 g/mol. The minimum Gasteiger partial charge on any atom is -0.360 e. The summed E-state index contributed by atoms with van der Waals surface area (Å²) >= 11 is 9.19. The zero-order valence-electron chi connectivity index (χ0n) is 11.8. The molecule has 0 bridgehead atoms. The number of aromatic amines is 1. The molecule has 23 heavy (non-hydrogen) atoms. The van der Waals surface area contributed by atoms with Gasteiger partial charge in [-0.15, -0.1) is 11.3 Å². The van der Waals surface area contributed by atoms with Crippen LogP contribution in [0.5, 0.6) is 0 Å². The molecule has 0 fully saturated rings. The van der Waals surface area contributed by atoms with E-state index in [0.29, 0.717) is 21.1 Å². The highest BCUT2D eigenvalue weighted by Crippen LogP contribution is 2.33. The zero-order valence-corrected chi connectivity index (χ0v) is 15.0. The van der Waals surface area contributed by atoms with Gasteiger partial charge in [-0.05, 0) is 30.4 Å². The number of halogens is 1. The summed E-state index contributed by atoms with van der Waals surface area (Å²) in [5, 5.41) is 1.60. The summed E-state index contributed by atoms with van der Waals surface area (Å²) in [7, 11) is -3.69. The van der Waals surface area contributed by atoms with Crippen LogP contribution >= 0.6 is 34.7 Å². The second kappa shape index (κ2) is 5.70. The number of nitrogens with zero attached hydrogens (tertiary/aromatic N) is 1. The molecule has 1 aliphatic rings. The Morgan fingerprint density at radius 3 is 3.04 bits per heavy atom. The van der Waals surface area contributed by atoms with Crippen molar-refractivity contribution in [3.63, 3.8) is 0 Å². The molecule has 2 N–H and O–H groups in total. The van der Waals surface area contributed by atoms with Gasteiger partial charge in [-0.1, -0.05) is 11.6 Å². The number of thioether (sulfide) groups is 1. The third kappa shape index (κ3) is 2.84.